The van der Waals surface area contributed by atoms with Gasteiger partial charge in [0, 0.05) is 23.4 Å². The van der Waals surface area contributed by atoms with Crippen molar-refractivity contribution in [3.63, 3.8) is 0 Å². The van der Waals surface area contributed by atoms with E-state index in [0.717, 1.165) is 5.56 Å². The highest BCUT2D eigenvalue weighted by atomic mass is 32.1. The van der Waals surface area contributed by atoms with E-state index in [2.05, 4.69) is 5.32 Å². The first-order valence-electron chi connectivity index (χ1n) is 7.94. The largest absolute Gasteiger partial charge is 0.489 e. The van der Waals surface area contributed by atoms with Crippen molar-refractivity contribution >= 4 is 28.6 Å². The van der Waals surface area contributed by atoms with Crippen LogP contribution in [0.1, 0.15) is 20.8 Å². The molecule has 0 aliphatic rings. The minimum Gasteiger partial charge on any atom is -0.489 e. The maximum absolute atomic E-state index is 13.6. The second-order valence-electron chi connectivity index (χ2n) is 5.78. The fraction of sp³-hybridized carbons (Fsp3) is 0.105. The number of halogens is 1. The minimum absolute atomic E-state index is 0.00983. The number of non-ortho nitro benzene ring substituents is 1. The number of ether oxygens (including phenoxy) is 1. The van der Waals surface area contributed by atoms with Crippen LogP contribution in [0.15, 0.2) is 53.9 Å². The van der Waals surface area contributed by atoms with Crippen molar-refractivity contribution in [3.05, 3.63) is 85.8 Å². The van der Waals surface area contributed by atoms with Crippen molar-refractivity contribution in [2.75, 3.05) is 5.32 Å². The molecule has 0 atom stereocenters. The van der Waals surface area contributed by atoms with Gasteiger partial charge in [0.2, 0.25) is 0 Å². The Morgan fingerprint density at radius 2 is 1.96 bits per heavy atom. The van der Waals surface area contributed by atoms with E-state index in [1.807, 2.05) is 0 Å². The van der Waals surface area contributed by atoms with E-state index in [0.29, 0.717) is 21.9 Å². The molecule has 0 aliphatic heterocycles. The number of thiophene rings is 1. The average molecular weight is 386 g/mol. The molecule has 138 valence electrons. The molecule has 0 bridgehead atoms. The molecule has 1 aromatic heterocycles. The second kappa shape index (κ2) is 7.96. The van der Waals surface area contributed by atoms with E-state index in [-0.39, 0.29) is 24.0 Å². The number of anilines is 1. The summed E-state index contributed by atoms with van der Waals surface area (Å²) < 4.78 is 19.1. The van der Waals surface area contributed by atoms with Crippen molar-refractivity contribution in [1.82, 2.24) is 0 Å². The van der Waals surface area contributed by atoms with Gasteiger partial charge in [-0.1, -0.05) is 6.07 Å². The van der Waals surface area contributed by atoms with Crippen molar-refractivity contribution in [2.45, 2.75) is 13.5 Å². The number of amides is 1. The van der Waals surface area contributed by atoms with Crippen LogP contribution in [0.5, 0.6) is 5.75 Å². The number of hydrogen-bond donors (Lipinski definition) is 1. The molecule has 0 aliphatic carbocycles. The van der Waals surface area contributed by atoms with Gasteiger partial charge >= 0.3 is 0 Å². The highest BCUT2D eigenvalue weighted by Gasteiger charge is 2.11. The molecule has 0 fully saturated rings. The number of rotatable bonds is 6. The van der Waals surface area contributed by atoms with Crippen LogP contribution < -0.4 is 10.1 Å². The van der Waals surface area contributed by atoms with Gasteiger partial charge in [0.05, 0.1) is 9.80 Å². The van der Waals surface area contributed by atoms with Crippen molar-refractivity contribution in [1.29, 1.82) is 0 Å². The summed E-state index contributed by atoms with van der Waals surface area (Å²) in [6.45, 7) is 1.87. The van der Waals surface area contributed by atoms with Gasteiger partial charge in [-0.2, -0.15) is 0 Å². The van der Waals surface area contributed by atoms with Gasteiger partial charge in [0.1, 0.15) is 18.2 Å². The summed E-state index contributed by atoms with van der Waals surface area (Å²) in [5.74, 6) is -0.214. The molecule has 0 unspecified atom stereocenters. The zero-order valence-corrected chi connectivity index (χ0v) is 15.1. The predicted octanol–water partition coefficient (Wildman–Crippen LogP) is 4.94. The highest BCUT2D eigenvalue weighted by Crippen LogP contribution is 2.22. The Hall–Kier alpha value is -3.26. The number of nitro groups is 1. The monoisotopic (exact) mass is 386 g/mol. The Balaban J connectivity index is 1.59. The number of hydrogen-bond acceptors (Lipinski definition) is 5. The standard InChI is InChI=1S/C19H15FN2O4S/c1-12-2-3-14(9-17(12)20)21-19(23)18-8-13(11-27-18)10-26-16-6-4-15(5-7-16)22(24)25/h2-9,11H,10H2,1H3,(H,21,23). The Kier molecular flexibility index (Phi) is 5.46. The van der Waals surface area contributed by atoms with Crippen LogP contribution in [-0.2, 0) is 6.61 Å². The van der Waals surface area contributed by atoms with E-state index in [1.54, 1.807) is 30.5 Å². The molecule has 1 heterocycles. The normalized spacial score (nSPS) is 10.4. The van der Waals surface area contributed by atoms with Crippen LogP contribution >= 0.6 is 11.3 Å². The van der Waals surface area contributed by atoms with E-state index in [9.17, 15) is 19.3 Å². The summed E-state index contributed by atoms with van der Waals surface area (Å²) in [5, 5.41) is 15.1. The molecule has 0 spiro atoms. The number of nitrogens with zero attached hydrogens (tertiary/aromatic N) is 1. The number of carbonyl (C=O) groups is 1. The Labute approximate surface area is 158 Å². The molecule has 8 heteroatoms. The highest BCUT2D eigenvalue weighted by molar-refractivity contribution is 7.12. The lowest BCUT2D eigenvalue weighted by Crippen LogP contribution is -2.10. The number of benzene rings is 2. The van der Waals surface area contributed by atoms with Crippen molar-refractivity contribution in [2.24, 2.45) is 0 Å². The van der Waals surface area contributed by atoms with E-state index >= 15 is 0 Å². The molecule has 27 heavy (non-hydrogen) atoms. The van der Waals surface area contributed by atoms with Crippen molar-refractivity contribution < 1.29 is 18.8 Å². The zero-order valence-electron chi connectivity index (χ0n) is 14.3. The molecule has 0 saturated heterocycles. The third kappa shape index (κ3) is 4.68. The van der Waals surface area contributed by atoms with E-state index < -0.39 is 4.92 Å². The second-order valence-corrected chi connectivity index (χ2v) is 6.69. The van der Waals surface area contributed by atoms with Crippen LogP contribution in [0, 0.1) is 22.9 Å². The molecule has 1 amide bonds. The van der Waals surface area contributed by atoms with Crippen LogP contribution in [-0.4, -0.2) is 10.8 Å². The number of nitrogens with one attached hydrogen (secondary N) is 1. The van der Waals surface area contributed by atoms with Gasteiger partial charge in [0.15, 0.2) is 0 Å². The average Bonchev–Trinajstić information content (AvgIpc) is 3.12. The van der Waals surface area contributed by atoms with Crippen LogP contribution in [0.3, 0.4) is 0 Å². The molecule has 3 aromatic rings. The zero-order chi connectivity index (χ0) is 19.4. The molecule has 6 nitrogen and oxygen atoms in total. The van der Waals surface area contributed by atoms with Crippen LogP contribution in [0.4, 0.5) is 15.8 Å². The summed E-state index contributed by atoms with van der Waals surface area (Å²) in [6, 6.07) is 12.0. The topological polar surface area (TPSA) is 81.5 Å². The third-order valence-corrected chi connectivity index (χ3v) is 4.74. The lowest BCUT2D eigenvalue weighted by atomic mass is 10.2. The summed E-state index contributed by atoms with van der Waals surface area (Å²) in [5.41, 5.74) is 1.68. The molecule has 0 radical (unpaired) electrons. The quantitative estimate of drug-likeness (QED) is 0.481. The number of carbonyl (C=O) groups excluding carboxylic acids is 1. The van der Waals surface area contributed by atoms with Crippen LogP contribution in [0.2, 0.25) is 0 Å². The molecular formula is C19H15FN2O4S. The minimum atomic E-state index is -0.479. The van der Waals surface area contributed by atoms with E-state index in [1.165, 1.54) is 41.7 Å². The summed E-state index contributed by atoms with van der Waals surface area (Å²) >= 11 is 1.25. The maximum atomic E-state index is 13.6. The molecular weight excluding hydrogens is 371 g/mol. The predicted molar refractivity (Wildman–Crippen MR) is 101 cm³/mol. The Morgan fingerprint density at radius 3 is 2.63 bits per heavy atom. The summed E-state index contributed by atoms with van der Waals surface area (Å²) in [6.07, 6.45) is 0. The van der Waals surface area contributed by atoms with Gasteiger partial charge in [-0.05, 0) is 48.2 Å². The smallest absolute Gasteiger partial charge is 0.269 e. The fourth-order valence-corrected chi connectivity index (χ4v) is 3.06. The van der Waals surface area contributed by atoms with E-state index in [4.69, 9.17) is 4.74 Å². The van der Waals surface area contributed by atoms with Crippen LogP contribution in [0.25, 0.3) is 0 Å². The first-order chi connectivity index (χ1) is 12.9. The van der Waals surface area contributed by atoms with Gasteiger partial charge in [-0.3, -0.25) is 14.9 Å². The van der Waals surface area contributed by atoms with Gasteiger partial charge in [-0.15, -0.1) is 11.3 Å². The first kappa shape index (κ1) is 18.5. The summed E-state index contributed by atoms with van der Waals surface area (Å²) in [4.78, 5) is 22.9. The van der Waals surface area contributed by atoms with Crippen molar-refractivity contribution in [3.8, 4) is 5.75 Å². The summed E-state index contributed by atoms with van der Waals surface area (Å²) in [7, 11) is 0. The van der Waals surface area contributed by atoms with Gasteiger partial charge in [0.25, 0.3) is 11.6 Å². The molecule has 3 rings (SSSR count). The molecule has 1 N–H and O–H groups in total. The molecule has 2 aromatic carbocycles. The lowest BCUT2D eigenvalue weighted by Gasteiger charge is -2.05. The SMILES string of the molecule is Cc1ccc(NC(=O)c2cc(COc3ccc([N+](=O)[O-])cc3)cs2)cc1F. The Morgan fingerprint density at radius 1 is 1.22 bits per heavy atom. The Bertz CT molecular complexity index is 986. The molecule has 0 saturated carbocycles. The first-order valence-corrected chi connectivity index (χ1v) is 8.82. The van der Waals surface area contributed by atoms with Gasteiger partial charge < -0.3 is 10.1 Å². The maximum Gasteiger partial charge on any atom is 0.269 e. The van der Waals surface area contributed by atoms with Gasteiger partial charge in [-0.25, -0.2) is 4.39 Å². The number of aryl methyl sites for hydroxylation is 1. The fourth-order valence-electron chi connectivity index (χ4n) is 2.26. The lowest BCUT2D eigenvalue weighted by molar-refractivity contribution is -0.384. The third-order valence-electron chi connectivity index (χ3n) is 3.76. The number of nitro benzene ring substituents is 1.